The maximum Gasteiger partial charge on any atom is 0.290 e. The Balaban J connectivity index is 1.48. The van der Waals surface area contributed by atoms with Gasteiger partial charge in [-0.3, -0.25) is 14.4 Å². The summed E-state index contributed by atoms with van der Waals surface area (Å²) in [6, 6.07) is 5.88. The Hall–Kier alpha value is -2.92. The standard InChI is InChI=1S/C24H28ClN5O3/c1-30(24(33)22-28-18-7-4-6-17(25)21(18)29-22)19(11-14-9-10-14)23(32)27-16(13-26)12-15-5-2-3-8-20(15)31/h4,6-7,14-16,19H,2-3,5,8-12H2,1H3,(H,27,32)(H,28,29)/t15-,16-,19-/m0/s1. The maximum atomic E-state index is 13.2. The van der Waals surface area contributed by atoms with Gasteiger partial charge in [-0.05, 0) is 43.7 Å². The van der Waals surface area contributed by atoms with Gasteiger partial charge in [-0.1, -0.05) is 36.9 Å². The van der Waals surface area contributed by atoms with Crippen LogP contribution in [0.15, 0.2) is 18.2 Å². The minimum absolute atomic E-state index is 0.110. The molecule has 2 amide bonds. The molecule has 2 aromatic rings. The number of carbonyl (C=O) groups is 3. The molecular formula is C24H28ClN5O3. The molecule has 1 heterocycles. The third-order valence-corrected chi connectivity index (χ3v) is 6.99. The number of hydrogen-bond donors (Lipinski definition) is 2. The Bertz CT molecular complexity index is 1100. The first-order chi connectivity index (χ1) is 15.9. The fourth-order valence-corrected chi connectivity index (χ4v) is 4.73. The molecule has 1 aromatic carbocycles. The van der Waals surface area contributed by atoms with Gasteiger partial charge in [0.15, 0.2) is 5.82 Å². The lowest BCUT2D eigenvalue weighted by molar-refractivity contribution is -0.128. The number of likely N-dealkylation sites (N-methyl/N-ethyl adjacent to an activating group) is 1. The Morgan fingerprint density at radius 2 is 2.09 bits per heavy atom. The van der Waals surface area contributed by atoms with Gasteiger partial charge in [0.2, 0.25) is 5.91 Å². The third kappa shape index (κ3) is 5.36. The molecule has 4 rings (SSSR count). The second-order valence-electron chi connectivity index (χ2n) is 9.17. The summed E-state index contributed by atoms with van der Waals surface area (Å²) in [6.45, 7) is 0. The topological polar surface area (TPSA) is 119 Å². The van der Waals surface area contributed by atoms with Crippen LogP contribution in [0, 0.1) is 23.2 Å². The number of nitriles is 1. The zero-order valence-electron chi connectivity index (χ0n) is 18.6. The Morgan fingerprint density at radius 1 is 1.30 bits per heavy atom. The number of ketones is 1. The third-order valence-electron chi connectivity index (χ3n) is 6.68. The molecule has 2 N–H and O–H groups in total. The predicted molar refractivity (Wildman–Crippen MR) is 123 cm³/mol. The van der Waals surface area contributed by atoms with Gasteiger partial charge in [0.1, 0.15) is 23.4 Å². The first kappa shape index (κ1) is 23.2. The molecule has 0 spiro atoms. The molecule has 0 radical (unpaired) electrons. The van der Waals surface area contributed by atoms with E-state index in [9.17, 15) is 19.6 Å². The number of rotatable bonds is 8. The van der Waals surface area contributed by atoms with E-state index in [2.05, 4.69) is 21.4 Å². The highest BCUT2D eigenvalue weighted by Crippen LogP contribution is 2.35. The number of benzene rings is 1. The van der Waals surface area contributed by atoms with E-state index in [1.807, 2.05) is 0 Å². The molecule has 174 valence electrons. The van der Waals surface area contributed by atoms with Crippen LogP contribution >= 0.6 is 11.6 Å². The number of halogens is 1. The zero-order valence-corrected chi connectivity index (χ0v) is 19.4. The van der Waals surface area contributed by atoms with E-state index >= 15 is 0 Å². The number of carbonyl (C=O) groups excluding carboxylic acids is 3. The van der Waals surface area contributed by atoms with Crippen molar-refractivity contribution in [3.8, 4) is 6.07 Å². The number of H-pyrrole nitrogens is 1. The largest absolute Gasteiger partial charge is 0.339 e. The number of hydrogen-bond acceptors (Lipinski definition) is 5. The second kappa shape index (κ2) is 9.92. The normalized spacial score (nSPS) is 20.2. The summed E-state index contributed by atoms with van der Waals surface area (Å²) in [4.78, 5) is 47.3. The lowest BCUT2D eigenvalue weighted by Crippen LogP contribution is -2.51. The van der Waals surface area contributed by atoms with E-state index in [1.54, 1.807) is 25.2 Å². The Labute approximate surface area is 197 Å². The molecule has 33 heavy (non-hydrogen) atoms. The van der Waals surface area contributed by atoms with Crippen LogP contribution in [0.3, 0.4) is 0 Å². The monoisotopic (exact) mass is 469 g/mol. The minimum Gasteiger partial charge on any atom is -0.339 e. The first-order valence-electron chi connectivity index (χ1n) is 11.5. The minimum atomic E-state index is -0.764. The zero-order chi connectivity index (χ0) is 23.5. The highest BCUT2D eigenvalue weighted by Gasteiger charge is 2.36. The van der Waals surface area contributed by atoms with Crippen LogP contribution in [0.2, 0.25) is 5.02 Å². The van der Waals surface area contributed by atoms with Crippen molar-refractivity contribution in [2.24, 2.45) is 11.8 Å². The Morgan fingerprint density at radius 3 is 2.76 bits per heavy atom. The molecule has 0 aliphatic heterocycles. The van der Waals surface area contributed by atoms with Crippen LogP contribution in [-0.2, 0) is 9.59 Å². The summed E-state index contributed by atoms with van der Waals surface area (Å²) in [7, 11) is 1.58. The molecule has 3 atom stereocenters. The van der Waals surface area contributed by atoms with Crippen molar-refractivity contribution in [1.29, 1.82) is 5.26 Å². The second-order valence-corrected chi connectivity index (χ2v) is 9.57. The van der Waals surface area contributed by atoms with Crippen LogP contribution in [0.5, 0.6) is 0 Å². The van der Waals surface area contributed by atoms with Gasteiger partial charge >= 0.3 is 0 Å². The predicted octanol–water partition coefficient (Wildman–Crippen LogP) is 3.61. The van der Waals surface area contributed by atoms with E-state index in [0.29, 0.717) is 41.2 Å². The molecular weight excluding hydrogens is 442 g/mol. The molecule has 1 aromatic heterocycles. The molecule has 8 nitrogen and oxygen atoms in total. The van der Waals surface area contributed by atoms with Crippen LogP contribution in [0.4, 0.5) is 0 Å². The number of nitrogens with one attached hydrogen (secondary N) is 2. The average molecular weight is 470 g/mol. The summed E-state index contributed by atoms with van der Waals surface area (Å²) in [5.41, 5.74) is 1.14. The van der Waals surface area contributed by atoms with Gasteiger partial charge in [-0.2, -0.15) is 5.26 Å². The molecule has 0 saturated heterocycles. The van der Waals surface area contributed by atoms with Gasteiger partial charge < -0.3 is 15.2 Å². The molecule has 9 heteroatoms. The van der Waals surface area contributed by atoms with Gasteiger partial charge in [0.25, 0.3) is 5.91 Å². The summed E-state index contributed by atoms with van der Waals surface area (Å²) >= 11 is 6.18. The average Bonchev–Trinajstić information content (AvgIpc) is 3.52. The quantitative estimate of drug-likeness (QED) is 0.612. The van der Waals surface area contributed by atoms with Crippen LogP contribution in [-0.4, -0.2) is 51.6 Å². The number of fused-ring (bicyclic) bond motifs is 1. The van der Waals surface area contributed by atoms with Gasteiger partial charge in [0.05, 0.1) is 16.6 Å². The summed E-state index contributed by atoms with van der Waals surface area (Å²) in [6.07, 6.45) is 6.03. The van der Waals surface area contributed by atoms with Crippen LogP contribution in [0.1, 0.15) is 62.0 Å². The lowest BCUT2D eigenvalue weighted by Gasteiger charge is -2.29. The molecule has 0 unspecified atom stereocenters. The van der Waals surface area contributed by atoms with E-state index in [1.165, 1.54) is 4.90 Å². The number of amides is 2. The molecule has 0 bridgehead atoms. The fourth-order valence-electron chi connectivity index (χ4n) is 4.52. The first-order valence-corrected chi connectivity index (χ1v) is 11.9. The van der Waals surface area contributed by atoms with Gasteiger partial charge in [0, 0.05) is 19.4 Å². The van der Waals surface area contributed by atoms with Crippen LogP contribution in [0.25, 0.3) is 11.0 Å². The molecule has 2 saturated carbocycles. The van der Waals surface area contributed by atoms with Crippen molar-refractivity contribution >= 4 is 40.2 Å². The van der Waals surface area contributed by atoms with E-state index in [4.69, 9.17) is 11.6 Å². The van der Waals surface area contributed by atoms with Crippen molar-refractivity contribution in [3.05, 3.63) is 29.0 Å². The van der Waals surface area contributed by atoms with E-state index < -0.39 is 18.0 Å². The van der Waals surface area contributed by atoms with Crippen LogP contribution < -0.4 is 5.32 Å². The van der Waals surface area contributed by atoms with Crippen molar-refractivity contribution in [2.45, 2.75) is 63.5 Å². The van der Waals surface area contributed by atoms with E-state index in [0.717, 1.165) is 32.1 Å². The molecule has 2 fully saturated rings. The number of Topliss-reactive ketones (excluding diaryl/α,β-unsaturated/α-hetero) is 1. The molecule has 2 aliphatic rings. The van der Waals surface area contributed by atoms with E-state index in [-0.39, 0.29) is 23.4 Å². The fraction of sp³-hybridized carbons (Fsp3) is 0.542. The van der Waals surface area contributed by atoms with Crippen molar-refractivity contribution in [1.82, 2.24) is 20.2 Å². The number of nitrogens with zero attached hydrogens (tertiary/aromatic N) is 3. The van der Waals surface area contributed by atoms with Gasteiger partial charge in [-0.15, -0.1) is 0 Å². The van der Waals surface area contributed by atoms with Crippen molar-refractivity contribution < 1.29 is 14.4 Å². The summed E-state index contributed by atoms with van der Waals surface area (Å²) < 4.78 is 0. The molecule has 2 aliphatic carbocycles. The number of aromatic amines is 1. The van der Waals surface area contributed by atoms with Crippen molar-refractivity contribution in [2.75, 3.05) is 7.05 Å². The summed E-state index contributed by atoms with van der Waals surface area (Å²) in [5.74, 6) is -0.326. The number of imidazole rings is 1. The highest BCUT2D eigenvalue weighted by atomic mass is 35.5. The van der Waals surface area contributed by atoms with Crippen molar-refractivity contribution in [3.63, 3.8) is 0 Å². The lowest BCUT2D eigenvalue weighted by atomic mass is 9.84. The van der Waals surface area contributed by atoms with Gasteiger partial charge in [-0.25, -0.2) is 4.98 Å². The number of para-hydroxylation sites is 1. The smallest absolute Gasteiger partial charge is 0.290 e. The summed E-state index contributed by atoms with van der Waals surface area (Å²) in [5, 5.41) is 12.8. The SMILES string of the molecule is CN(C(=O)c1nc2c(Cl)cccc2[nH]1)[C@@H](CC1CC1)C(=O)N[C@H](C#N)C[C@@H]1CCCCC1=O. The highest BCUT2D eigenvalue weighted by molar-refractivity contribution is 6.35. The maximum absolute atomic E-state index is 13.2. The Kier molecular flexibility index (Phi) is 6.99. The number of aromatic nitrogens is 2.